The fraction of sp³-hybridized carbons (Fsp3) is 0.688. The predicted octanol–water partition coefficient (Wildman–Crippen LogP) is 3.41. The Kier molecular flexibility index (Phi) is 3.14. The van der Waals surface area contributed by atoms with Gasteiger partial charge in [-0.25, -0.2) is 0 Å². The van der Waals surface area contributed by atoms with Crippen molar-refractivity contribution in [1.82, 2.24) is 4.98 Å². The molecular weight excluding hydrogens is 220 g/mol. The van der Waals surface area contributed by atoms with Crippen LogP contribution in [0, 0.1) is 5.41 Å². The van der Waals surface area contributed by atoms with Gasteiger partial charge in [-0.2, -0.15) is 0 Å². The van der Waals surface area contributed by atoms with Crippen LogP contribution in [0.25, 0.3) is 0 Å². The molecular formula is C16H24N2. The van der Waals surface area contributed by atoms with Gasteiger partial charge in [-0.05, 0) is 43.2 Å². The third kappa shape index (κ3) is 1.97. The van der Waals surface area contributed by atoms with Crippen molar-refractivity contribution in [3.63, 3.8) is 0 Å². The van der Waals surface area contributed by atoms with E-state index in [0.29, 0.717) is 5.41 Å². The summed E-state index contributed by atoms with van der Waals surface area (Å²) in [4.78, 5) is 4.57. The molecule has 0 atom stereocenters. The van der Waals surface area contributed by atoms with E-state index < -0.39 is 0 Å². The van der Waals surface area contributed by atoms with Gasteiger partial charge in [0, 0.05) is 23.9 Å². The van der Waals surface area contributed by atoms with Gasteiger partial charge in [-0.1, -0.05) is 31.7 Å². The van der Waals surface area contributed by atoms with Crippen LogP contribution in [0.4, 0.5) is 0 Å². The molecule has 0 radical (unpaired) electrons. The molecule has 0 bridgehead atoms. The van der Waals surface area contributed by atoms with Gasteiger partial charge in [0.25, 0.3) is 0 Å². The van der Waals surface area contributed by atoms with Crippen molar-refractivity contribution in [1.29, 1.82) is 0 Å². The van der Waals surface area contributed by atoms with Gasteiger partial charge in [-0.15, -0.1) is 0 Å². The van der Waals surface area contributed by atoms with E-state index in [4.69, 9.17) is 5.73 Å². The summed E-state index contributed by atoms with van der Waals surface area (Å²) in [6, 6.07) is 6.25. The van der Waals surface area contributed by atoms with Gasteiger partial charge in [0.1, 0.15) is 0 Å². The molecule has 2 aliphatic carbocycles. The second kappa shape index (κ2) is 4.65. The van der Waals surface area contributed by atoms with E-state index in [2.05, 4.69) is 17.1 Å². The molecule has 2 nitrogen and oxygen atoms in total. The number of hydrogen-bond acceptors (Lipinski definition) is 2. The molecule has 3 rings (SSSR count). The number of pyridine rings is 1. The maximum atomic E-state index is 6.09. The molecule has 1 heterocycles. The second-order valence-electron chi connectivity index (χ2n) is 6.47. The van der Waals surface area contributed by atoms with E-state index >= 15 is 0 Å². The fourth-order valence-corrected chi connectivity index (χ4v) is 4.32. The van der Waals surface area contributed by atoms with Crippen molar-refractivity contribution < 1.29 is 0 Å². The van der Waals surface area contributed by atoms with Crippen LogP contribution in [0.3, 0.4) is 0 Å². The largest absolute Gasteiger partial charge is 0.330 e. The van der Waals surface area contributed by atoms with Crippen molar-refractivity contribution in [2.75, 3.05) is 6.54 Å². The molecule has 0 unspecified atom stereocenters. The van der Waals surface area contributed by atoms with Gasteiger partial charge in [0.15, 0.2) is 0 Å². The van der Waals surface area contributed by atoms with Crippen molar-refractivity contribution >= 4 is 0 Å². The number of aromatic nitrogens is 1. The quantitative estimate of drug-likeness (QED) is 0.866. The Balaban J connectivity index is 1.78. The Morgan fingerprint density at radius 3 is 2.33 bits per heavy atom. The Hall–Kier alpha value is -0.890. The highest BCUT2D eigenvalue weighted by Crippen LogP contribution is 2.60. The molecule has 0 amide bonds. The van der Waals surface area contributed by atoms with Crippen LogP contribution >= 0.6 is 0 Å². The molecule has 18 heavy (non-hydrogen) atoms. The van der Waals surface area contributed by atoms with Gasteiger partial charge < -0.3 is 5.73 Å². The third-order valence-electron chi connectivity index (χ3n) is 5.19. The summed E-state index contributed by atoms with van der Waals surface area (Å²) < 4.78 is 0. The van der Waals surface area contributed by atoms with Crippen molar-refractivity contribution in [2.45, 2.75) is 56.8 Å². The molecule has 0 aliphatic heterocycles. The SMILES string of the molecule is NCC1(c2ccccn2)CC2(CCCCCC2)C1. The Bertz CT molecular complexity index is 383. The lowest BCUT2D eigenvalue weighted by Crippen LogP contribution is -2.54. The van der Waals surface area contributed by atoms with Crippen LogP contribution < -0.4 is 5.73 Å². The maximum Gasteiger partial charge on any atom is 0.0478 e. The Morgan fingerprint density at radius 2 is 1.78 bits per heavy atom. The lowest BCUT2D eigenvalue weighted by molar-refractivity contribution is 0.00873. The van der Waals surface area contributed by atoms with Crippen LogP contribution in [-0.2, 0) is 5.41 Å². The van der Waals surface area contributed by atoms with Crippen LogP contribution in [0.2, 0.25) is 0 Å². The molecule has 98 valence electrons. The van der Waals surface area contributed by atoms with Crippen molar-refractivity contribution in [3.8, 4) is 0 Å². The number of rotatable bonds is 2. The average molecular weight is 244 g/mol. The zero-order chi connectivity index (χ0) is 12.5. The first-order valence-corrected chi connectivity index (χ1v) is 7.40. The highest BCUT2D eigenvalue weighted by molar-refractivity contribution is 5.25. The van der Waals surface area contributed by atoms with Crippen molar-refractivity contribution in [3.05, 3.63) is 30.1 Å². The van der Waals surface area contributed by atoms with Crippen LogP contribution in [-0.4, -0.2) is 11.5 Å². The van der Waals surface area contributed by atoms with E-state index in [0.717, 1.165) is 6.54 Å². The molecule has 1 aromatic heterocycles. The van der Waals surface area contributed by atoms with E-state index in [1.165, 1.54) is 57.1 Å². The third-order valence-corrected chi connectivity index (χ3v) is 5.19. The van der Waals surface area contributed by atoms with Gasteiger partial charge >= 0.3 is 0 Å². The monoisotopic (exact) mass is 244 g/mol. The Morgan fingerprint density at radius 1 is 1.06 bits per heavy atom. The van der Waals surface area contributed by atoms with Gasteiger partial charge in [0.05, 0.1) is 0 Å². The maximum absolute atomic E-state index is 6.09. The zero-order valence-corrected chi connectivity index (χ0v) is 11.2. The number of nitrogens with two attached hydrogens (primary N) is 1. The summed E-state index contributed by atoms with van der Waals surface area (Å²) in [5, 5.41) is 0. The van der Waals surface area contributed by atoms with Crippen LogP contribution in [0.15, 0.2) is 24.4 Å². The van der Waals surface area contributed by atoms with Gasteiger partial charge in [-0.3, -0.25) is 4.98 Å². The molecule has 2 N–H and O–H groups in total. The smallest absolute Gasteiger partial charge is 0.0478 e. The lowest BCUT2D eigenvalue weighted by Gasteiger charge is -2.56. The summed E-state index contributed by atoms with van der Waals surface area (Å²) in [5.41, 5.74) is 8.10. The summed E-state index contributed by atoms with van der Waals surface area (Å²) in [7, 11) is 0. The summed E-state index contributed by atoms with van der Waals surface area (Å²) >= 11 is 0. The van der Waals surface area contributed by atoms with E-state index in [1.54, 1.807) is 0 Å². The average Bonchev–Trinajstić information content (AvgIpc) is 2.63. The minimum atomic E-state index is 0.186. The minimum absolute atomic E-state index is 0.186. The molecule has 2 fully saturated rings. The van der Waals surface area contributed by atoms with E-state index in [9.17, 15) is 0 Å². The number of hydrogen-bond donors (Lipinski definition) is 1. The molecule has 1 spiro atoms. The second-order valence-corrected chi connectivity index (χ2v) is 6.47. The predicted molar refractivity (Wildman–Crippen MR) is 74.3 cm³/mol. The zero-order valence-electron chi connectivity index (χ0n) is 11.2. The summed E-state index contributed by atoms with van der Waals surface area (Å²) in [5.74, 6) is 0. The molecule has 0 saturated heterocycles. The topological polar surface area (TPSA) is 38.9 Å². The Labute approximate surface area is 110 Å². The fourth-order valence-electron chi connectivity index (χ4n) is 4.32. The molecule has 2 heteroatoms. The minimum Gasteiger partial charge on any atom is -0.330 e. The molecule has 2 aliphatic rings. The van der Waals surface area contributed by atoms with Crippen molar-refractivity contribution in [2.24, 2.45) is 11.1 Å². The highest BCUT2D eigenvalue weighted by atomic mass is 14.8. The highest BCUT2D eigenvalue weighted by Gasteiger charge is 2.54. The molecule has 2 saturated carbocycles. The lowest BCUT2D eigenvalue weighted by atomic mass is 9.49. The summed E-state index contributed by atoms with van der Waals surface area (Å²) in [6.07, 6.45) is 13.0. The first-order chi connectivity index (χ1) is 8.79. The first-order valence-electron chi connectivity index (χ1n) is 7.40. The normalized spacial score (nSPS) is 25.4. The molecule has 1 aromatic rings. The standard InChI is InChI=1S/C16H24N2/c17-13-16(14-7-3-6-10-18-14)11-15(12-16)8-4-1-2-5-9-15/h3,6-7,10H,1-2,4-5,8-9,11-13,17H2. The number of nitrogens with zero attached hydrogens (tertiary/aromatic N) is 1. The van der Waals surface area contributed by atoms with Crippen LogP contribution in [0.1, 0.15) is 57.1 Å². The van der Waals surface area contributed by atoms with Crippen LogP contribution in [0.5, 0.6) is 0 Å². The van der Waals surface area contributed by atoms with Gasteiger partial charge in [0.2, 0.25) is 0 Å². The molecule has 0 aromatic carbocycles. The summed E-state index contributed by atoms with van der Waals surface area (Å²) in [6.45, 7) is 0.756. The first kappa shape index (κ1) is 12.2. The van der Waals surface area contributed by atoms with E-state index in [1.807, 2.05) is 12.3 Å². The van der Waals surface area contributed by atoms with E-state index in [-0.39, 0.29) is 5.41 Å².